The van der Waals surface area contributed by atoms with Crippen LogP contribution >= 0.6 is 15.9 Å². The Bertz CT molecular complexity index is 613. The van der Waals surface area contributed by atoms with Crippen LogP contribution in [0.1, 0.15) is 11.1 Å². The van der Waals surface area contributed by atoms with Gasteiger partial charge in [0, 0.05) is 31.1 Å². The summed E-state index contributed by atoms with van der Waals surface area (Å²) in [5, 5.41) is 15.7. The Labute approximate surface area is 124 Å². The predicted octanol–water partition coefficient (Wildman–Crippen LogP) is 2.84. The molecular weight excluding hydrogens is 326 g/mol. The molecule has 1 aromatic heterocycles. The highest BCUT2D eigenvalue weighted by Crippen LogP contribution is 2.28. The maximum atomic E-state index is 11.0. The highest BCUT2D eigenvalue weighted by Gasteiger charge is 2.15. The van der Waals surface area contributed by atoms with Crippen molar-refractivity contribution < 1.29 is 9.66 Å². The van der Waals surface area contributed by atoms with Crippen molar-refractivity contribution in [2.45, 2.75) is 11.8 Å². The molecular formula is C13H14BrN3O3. The molecule has 0 saturated carbocycles. The van der Waals surface area contributed by atoms with Crippen LogP contribution in [0.4, 0.5) is 5.69 Å². The Hall–Kier alpha value is -1.89. The second-order valence-electron chi connectivity index (χ2n) is 4.31. The zero-order valence-electron chi connectivity index (χ0n) is 11.0. The van der Waals surface area contributed by atoms with Crippen LogP contribution in [0.15, 0.2) is 30.6 Å². The van der Waals surface area contributed by atoms with E-state index >= 15 is 0 Å². The van der Waals surface area contributed by atoms with Crippen molar-refractivity contribution in [3.05, 3.63) is 51.8 Å². The zero-order chi connectivity index (χ0) is 14.5. The van der Waals surface area contributed by atoms with E-state index in [4.69, 9.17) is 4.74 Å². The monoisotopic (exact) mass is 339 g/mol. The number of nitro benzene ring substituents is 1. The van der Waals surface area contributed by atoms with Crippen LogP contribution in [0, 0.1) is 10.1 Å². The number of aromatic nitrogens is 2. The fourth-order valence-electron chi connectivity index (χ4n) is 1.79. The van der Waals surface area contributed by atoms with Crippen molar-refractivity contribution in [1.82, 2.24) is 9.78 Å². The number of rotatable bonds is 6. The molecule has 1 aromatic carbocycles. The number of halogens is 1. The molecule has 106 valence electrons. The van der Waals surface area contributed by atoms with Gasteiger partial charge in [0.05, 0.1) is 17.7 Å². The maximum absolute atomic E-state index is 11.0. The molecule has 0 N–H and O–H groups in total. The molecule has 0 amide bonds. The highest BCUT2D eigenvalue weighted by atomic mass is 79.9. The molecule has 0 aliphatic heterocycles. The SMILES string of the molecule is Cn1cc(CCOc2ccc(CBr)cc2[N+](=O)[O-])cn1. The van der Waals surface area contributed by atoms with Crippen LogP contribution < -0.4 is 4.74 Å². The molecule has 20 heavy (non-hydrogen) atoms. The molecule has 0 aliphatic carbocycles. The standard InChI is InChI=1S/C13H14BrN3O3/c1-16-9-11(8-15-16)4-5-20-13-3-2-10(7-14)6-12(13)17(18)19/h2-3,6,8-9H,4-5,7H2,1H3. The first-order chi connectivity index (χ1) is 9.60. The first-order valence-electron chi connectivity index (χ1n) is 6.03. The topological polar surface area (TPSA) is 70.2 Å². The van der Waals surface area contributed by atoms with Crippen LogP contribution in [-0.4, -0.2) is 21.3 Å². The minimum Gasteiger partial charge on any atom is -0.486 e. The number of hydrogen-bond acceptors (Lipinski definition) is 4. The molecule has 0 atom stereocenters. The van der Waals surface area contributed by atoms with Gasteiger partial charge >= 0.3 is 5.69 Å². The second kappa shape index (κ2) is 6.51. The van der Waals surface area contributed by atoms with Gasteiger partial charge in [-0.15, -0.1) is 0 Å². The van der Waals surface area contributed by atoms with E-state index in [-0.39, 0.29) is 5.69 Å². The maximum Gasteiger partial charge on any atom is 0.311 e. The summed E-state index contributed by atoms with van der Waals surface area (Å²) in [5.74, 6) is 0.295. The Morgan fingerprint density at radius 3 is 2.85 bits per heavy atom. The summed E-state index contributed by atoms with van der Waals surface area (Å²) in [7, 11) is 1.84. The van der Waals surface area contributed by atoms with Gasteiger partial charge in [-0.05, 0) is 17.2 Å². The van der Waals surface area contributed by atoms with Gasteiger partial charge in [-0.2, -0.15) is 5.10 Å². The Morgan fingerprint density at radius 1 is 1.45 bits per heavy atom. The van der Waals surface area contributed by atoms with E-state index in [1.807, 2.05) is 13.2 Å². The third-order valence-electron chi connectivity index (χ3n) is 2.78. The summed E-state index contributed by atoms with van der Waals surface area (Å²) < 4.78 is 7.23. The molecule has 1 heterocycles. The van der Waals surface area contributed by atoms with E-state index in [0.29, 0.717) is 24.1 Å². The van der Waals surface area contributed by atoms with Gasteiger partial charge in [0.1, 0.15) is 0 Å². The van der Waals surface area contributed by atoms with Gasteiger partial charge in [-0.1, -0.05) is 22.0 Å². The van der Waals surface area contributed by atoms with Gasteiger partial charge in [0.25, 0.3) is 0 Å². The fourth-order valence-corrected chi connectivity index (χ4v) is 2.14. The number of benzene rings is 1. The van der Waals surface area contributed by atoms with Gasteiger partial charge in [-0.3, -0.25) is 14.8 Å². The number of ether oxygens (including phenoxy) is 1. The van der Waals surface area contributed by atoms with Crippen molar-refractivity contribution in [2.75, 3.05) is 6.61 Å². The van der Waals surface area contributed by atoms with Crippen LogP contribution in [0.2, 0.25) is 0 Å². The number of nitro groups is 1. The Balaban J connectivity index is 2.03. The van der Waals surface area contributed by atoms with Gasteiger partial charge < -0.3 is 4.74 Å². The lowest BCUT2D eigenvalue weighted by Crippen LogP contribution is -2.03. The van der Waals surface area contributed by atoms with E-state index in [9.17, 15) is 10.1 Å². The Morgan fingerprint density at radius 2 is 2.25 bits per heavy atom. The molecule has 0 saturated heterocycles. The van der Waals surface area contributed by atoms with Crippen LogP contribution in [-0.2, 0) is 18.8 Å². The van der Waals surface area contributed by atoms with Crippen molar-refractivity contribution in [1.29, 1.82) is 0 Å². The number of aryl methyl sites for hydroxylation is 1. The molecule has 0 bridgehead atoms. The Kier molecular flexibility index (Phi) is 4.73. The smallest absolute Gasteiger partial charge is 0.311 e. The summed E-state index contributed by atoms with van der Waals surface area (Å²) in [6.45, 7) is 0.375. The summed E-state index contributed by atoms with van der Waals surface area (Å²) in [6.07, 6.45) is 4.31. The van der Waals surface area contributed by atoms with Gasteiger partial charge in [0.2, 0.25) is 0 Å². The molecule has 0 radical (unpaired) electrons. The minimum absolute atomic E-state index is 0.00635. The van der Waals surface area contributed by atoms with E-state index in [2.05, 4.69) is 21.0 Å². The van der Waals surface area contributed by atoms with Crippen molar-refractivity contribution in [2.24, 2.45) is 7.05 Å². The minimum atomic E-state index is -0.425. The lowest BCUT2D eigenvalue weighted by Gasteiger charge is -2.07. The molecule has 7 heteroatoms. The average Bonchev–Trinajstić information content (AvgIpc) is 2.84. The average molecular weight is 340 g/mol. The first-order valence-corrected chi connectivity index (χ1v) is 7.16. The number of hydrogen-bond donors (Lipinski definition) is 0. The normalized spacial score (nSPS) is 10.5. The number of nitrogens with zero attached hydrogens (tertiary/aromatic N) is 3. The molecule has 6 nitrogen and oxygen atoms in total. The van der Waals surface area contributed by atoms with E-state index < -0.39 is 4.92 Å². The quantitative estimate of drug-likeness (QED) is 0.461. The van der Waals surface area contributed by atoms with Crippen LogP contribution in [0.3, 0.4) is 0 Å². The fraction of sp³-hybridized carbons (Fsp3) is 0.308. The molecule has 2 rings (SSSR count). The molecule has 2 aromatic rings. The van der Waals surface area contributed by atoms with E-state index in [1.165, 1.54) is 6.07 Å². The molecule has 0 aliphatic rings. The third kappa shape index (κ3) is 3.57. The predicted molar refractivity (Wildman–Crippen MR) is 78.1 cm³/mol. The second-order valence-corrected chi connectivity index (χ2v) is 4.87. The van der Waals surface area contributed by atoms with Gasteiger partial charge in [0.15, 0.2) is 5.75 Å². The largest absolute Gasteiger partial charge is 0.486 e. The lowest BCUT2D eigenvalue weighted by atomic mass is 10.2. The summed E-state index contributed by atoms with van der Waals surface area (Å²) in [4.78, 5) is 10.6. The van der Waals surface area contributed by atoms with Crippen molar-refractivity contribution in [3.8, 4) is 5.75 Å². The molecule has 0 unspecified atom stereocenters. The summed E-state index contributed by atoms with van der Waals surface area (Å²) in [6, 6.07) is 4.97. The highest BCUT2D eigenvalue weighted by molar-refractivity contribution is 9.08. The summed E-state index contributed by atoms with van der Waals surface area (Å²) >= 11 is 3.28. The molecule has 0 fully saturated rings. The van der Waals surface area contributed by atoms with Crippen molar-refractivity contribution >= 4 is 21.6 Å². The van der Waals surface area contributed by atoms with Crippen molar-refractivity contribution in [3.63, 3.8) is 0 Å². The zero-order valence-corrected chi connectivity index (χ0v) is 12.5. The third-order valence-corrected chi connectivity index (χ3v) is 3.43. The summed E-state index contributed by atoms with van der Waals surface area (Å²) in [5.41, 5.74) is 1.87. The number of alkyl halides is 1. The lowest BCUT2D eigenvalue weighted by molar-refractivity contribution is -0.385. The molecule has 0 spiro atoms. The first kappa shape index (κ1) is 14.5. The van der Waals surface area contributed by atoms with E-state index in [0.717, 1.165) is 11.1 Å². The van der Waals surface area contributed by atoms with Gasteiger partial charge in [-0.25, -0.2) is 0 Å². The van der Waals surface area contributed by atoms with E-state index in [1.54, 1.807) is 23.0 Å². The van der Waals surface area contributed by atoms with Crippen LogP contribution in [0.25, 0.3) is 0 Å². The van der Waals surface area contributed by atoms with Crippen LogP contribution in [0.5, 0.6) is 5.75 Å².